The zero-order chi connectivity index (χ0) is 24.1. The molecule has 0 unspecified atom stereocenters. The van der Waals surface area contributed by atoms with Gasteiger partial charge in [-0.05, 0) is 42.0 Å². The highest BCUT2D eigenvalue weighted by Crippen LogP contribution is 2.19. The summed E-state index contributed by atoms with van der Waals surface area (Å²) in [4.78, 5) is 18.4. The van der Waals surface area contributed by atoms with Gasteiger partial charge in [0.15, 0.2) is 17.7 Å². The SMILES string of the molecule is COc1cc(CNC(=O)c2cc(-c3nnn(C[C@H]4CO[C@H](C#N)CO4)n3)cc(C)n2)ccc1F. The average Bonchev–Trinajstić information content (AvgIpc) is 3.32. The number of benzene rings is 1. The first kappa shape index (κ1) is 23.2. The molecule has 0 spiro atoms. The maximum atomic E-state index is 13.6. The number of aryl methyl sites for hydroxylation is 1. The van der Waals surface area contributed by atoms with E-state index in [2.05, 4.69) is 25.7 Å². The zero-order valence-electron chi connectivity index (χ0n) is 18.6. The van der Waals surface area contributed by atoms with Crippen LogP contribution in [0.4, 0.5) is 4.39 Å². The maximum Gasteiger partial charge on any atom is 0.270 e. The lowest BCUT2D eigenvalue weighted by Gasteiger charge is -2.25. The summed E-state index contributed by atoms with van der Waals surface area (Å²) in [6.45, 7) is 2.69. The molecule has 0 saturated carbocycles. The highest BCUT2D eigenvalue weighted by atomic mass is 19.1. The van der Waals surface area contributed by atoms with Crippen molar-refractivity contribution >= 4 is 5.91 Å². The zero-order valence-corrected chi connectivity index (χ0v) is 18.6. The van der Waals surface area contributed by atoms with Crippen LogP contribution in [0.25, 0.3) is 11.4 Å². The summed E-state index contributed by atoms with van der Waals surface area (Å²) in [5, 5.41) is 24.1. The Morgan fingerprint density at radius 1 is 1.32 bits per heavy atom. The number of nitrogens with one attached hydrogen (secondary N) is 1. The van der Waals surface area contributed by atoms with Gasteiger partial charge >= 0.3 is 0 Å². The van der Waals surface area contributed by atoms with Crippen molar-refractivity contribution in [3.8, 4) is 23.2 Å². The highest BCUT2D eigenvalue weighted by Gasteiger charge is 2.23. The largest absolute Gasteiger partial charge is 0.494 e. The number of hydrogen-bond acceptors (Lipinski definition) is 9. The minimum Gasteiger partial charge on any atom is -0.494 e. The van der Waals surface area contributed by atoms with E-state index in [-0.39, 0.29) is 37.3 Å². The van der Waals surface area contributed by atoms with E-state index in [1.165, 1.54) is 24.0 Å². The standard InChI is InChI=1S/C22H22FN7O4/c1-13-5-15(21-27-29-30(28-21)10-17-12-33-16(8-24)11-34-17)7-19(26-13)22(31)25-9-14-3-4-18(23)20(6-14)32-2/h3-7,16-17H,9-12H2,1-2H3,(H,25,31)/t16-,17+/m1/s1. The van der Waals surface area contributed by atoms with Crippen LogP contribution in [0.1, 0.15) is 21.7 Å². The molecule has 1 aliphatic rings. The van der Waals surface area contributed by atoms with Crippen LogP contribution in [0, 0.1) is 24.1 Å². The molecule has 34 heavy (non-hydrogen) atoms. The number of nitrogens with zero attached hydrogens (tertiary/aromatic N) is 6. The fraction of sp³-hybridized carbons (Fsp3) is 0.364. The Morgan fingerprint density at radius 2 is 2.18 bits per heavy atom. The van der Waals surface area contributed by atoms with Crippen LogP contribution < -0.4 is 10.1 Å². The van der Waals surface area contributed by atoms with Crippen LogP contribution in [0.5, 0.6) is 5.75 Å². The Kier molecular flexibility index (Phi) is 7.05. The second-order valence-corrected chi connectivity index (χ2v) is 7.61. The molecule has 12 heteroatoms. The molecule has 0 bridgehead atoms. The van der Waals surface area contributed by atoms with Gasteiger partial charge in [0, 0.05) is 17.8 Å². The second-order valence-electron chi connectivity index (χ2n) is 7.61. The van der Waals surface area contributed by atoms with E-state index in [0.717, 1.165) is 0 Å². The van der Waals surface area contributed by atoms with Crippen molar-refractivity contribution in [2.24, 2.45) is 0 Å². The summed E-state index contributed by atoms with van der Waals surface area (Å²) < 4.78 is 29.5. The summed E-state index contributed by atoms with van der Waals surface area (Å²) in [6, 6.07) is 9.70. The highest BCUT2D eigenvalue weighted by molar-refractivity contribution is 5.93. The molecule has 176 valence electrons. The van der Waals surface area contributed by atoms with Crippen LogP contribution in [0.15, 0.2) is 30.3 Å². The Morgan fingerprint density at radius 3 is 2.91 bits per heavy atom. The minimum absolute atomic E-state index is 0.104. The van der Waals surface area contributed by atoms with Gasteiger partial charge in [-0.25, -0.2) is 9.37 Å². The molecule has 0 radical (unpaired) electrons. The molecule has 1 N–H and O–H groups in total. The van der Waals surface area contributed by atoms with Gasteiger partial charge in [-0.2, -0.15) is 10.1 Å². The molecule has 0 aliphatic carbocycles. The van der Waals surface area contributed by atoms with Gasteiger partial charge in [0.05, 0.1) is 32.9 Å². The molecule has 1 saturated heterocycles. The van der Waals surface area contributed by atoms with Gasteiger partial charge < -0.3 is 19.5 Å². The fourth-order valence-corrected chi connectivity index (χ4v) is 3.34. The minimum atomic E-state index is -0.565. The number of hydrogen-bond donors (Lipinski definition) is 1. The van der Waals surface area contributed by atoms with Gasteiger partial charge in [-0.3, -0.25) is 4.79 Å². The van der Waals surface area contributed by atoms with Crippen molar-refractivity contribution < 1.29 is 23.4 Å². The van der Waals surface area contributed by atoms with Crippen LogP contribution in [0.2, 0.25) is 0 Å². The third kappa shape index (κ3) is 5.51. The Bertz CT molecular complexity index is 1220. The van der Waals surface area contributed by atoms with Crippen molar-refractivity contribution in [2.75, 3.05) is 20.3 Å². The summed E-state index contributed by atoms with van der Waals surface area (Å²) in [5.74, 6) is -0.445. The number of halogens is 1. The van der Waals surface area contributed by atoms with E-state index < -0.39 is 17.8 Å². The fourth-order valence-electron chi connectivity index (χ4n) is 3.34. The summed E-state index contributed by atoms with van der Waals surface area (Å²) in [6.07, 6.45) is -0.859. The third-order valence-corrected chi connectivity index (χ3v) is 5.04. The monoisotopic (exact) mass is 467 g/mol. The van der Waals surface area contributed by atoms with Crippen molar-refractivity contribution in [1.29, 1.82) is 5.26 Å². The number of ether oxygens (including phenoxy) is 3. The smallest absolute Gasteiger partial charge is 0.270 e. The molecule has 1 aromatic carbocycles. The topological polar surface area (TPSA) is 137 Å². The molecule has 1 fully saturated rings. The van der Waals surface area contributed by atoms with E-state index in [0.29, 0.717) is 29.2 Å². The van der Waals surface area contributed by atoms with Gasteiger partial charge in [0.25, 0.3) is 5.91 Å². The number of nitriles is 1. The van der Waals surface area contributed by atoms with Crippen LogP contribution >= 0.6 is 0 Å². The third-order valence-electron chi connectivity index (χ3n) is 5.04. The van der Waals surface area contributed by atoms with Crippen LogP contribution in [-0.2, 0) is 22.6 Å². The number of aromatic nitrogens is 5. The number of carbonyl (C=O) groups is 1. The molecular weight excluding hydrogens is 445 g/mol. The number of amides is 1. The first-order valence-electron chi connectivity index (χ1n) is 10.5. The lowest BCUT2D eigenvalue weighted by molar-refractivity contribution is -0.120. The van der Waals surface area contributed by atoms with Gasteiger partial charge in [0.1, 0.15) is 11.8 Å². The second kappa shape index (κ2) is 10.3. The van der Waals surface area contributed by atoms with E-state index >= 15 is 0 Å². The van der Waals surface area contributed by atoms with Gasteiger partial charge in [-0.1, -0.05) is 6.07 Å². The van der Waals surface area contributed by atoms with Crippen molar-refractivity contribution in [3.63, 3.8) is 0 Å². The molecular formula is C22H22FN7O4. The van der Waals surface area contributed by atoms with Crippen molar-refractivity contribution in [1.82, 2.24) is 30.5 Å². The first-order valence-corrected chi connectivity index (χ1v) is 10.5. The summed E-state index contributed by atoms with van der Waals surface area (Å²) in [7, 11) is 1.38. The maximum absolute atomic E-state index is 13.6. The van der Waals surface area contributed by atoms with Crippen molar-refractivity contribution in [2.45, 2.75) is 32.2 Å². The lowest BCUT2D eigenvalue weighted by Crippen LogP contribution is -2.37. The summed E-state index contributed by atoms with van der Waals surface area (Å²) >= 11 is 0. The van der Waals surface area contributed by atoms with Crippen LogP contribution in [-0.4, -0.2) is 63.6 Å². The molecule has 11 nitrogen and oxygen atoms in total. The van der Waals surface area contributed by atoms with E-state index in [9.17, 15) is 9.18 Å². The number of carbonyl (C=O) groups excluding carboxylic acids is 1. The number of methoxy groups -OCH3 is 1. The van der Waals surface area contributed by atoms with Crippen molar-refractivity contribution in [3.05, 3.63) is 53.1 Å². The summed E-state index contributed by atoms with van der Waals surface area (Å²) in [5.41, 5.74) is 2.05. The van der Waals surface area contributed by atoms with E-state index in [4.69, 9.17) is 19.5 Å². The predicted molar refractivity (Wildman–Crippen MR) is 115 cm³/mol. The normalized spacial score (nSPS) is 17.7. The Balaban J connectivity index is 1.42. The first-order chi connectivity index (χ1) is 16.4. The average molecular weight is 467 g/mol. The quantitative estimate of drug-likeness (QED) is 0.547. The lowest BCUT2D eigenvalue weighted by atomic mass is 10.1. The van der Waals surface area contributed by atoms with E-state index in [1.54, 1.807) is 25.1 Å². The molecule has 3 heterocycles. The predicted octanol–water partition coefficient (Wildman–Crippen LogP) is 1.43. The van der Waals surface area contributed by atoms with Gasteiger partial charge in [-0.15, -0.1) is 10.2 Å². The molecule has 2 atom stereocenters. The Hall–Kier alpha value is -3.95. The number of rotatable bonds is 7. The molecule has 3 aromatic rings. The van der Waals surface area contributed by atoms with Crippen LogP contribution in [0.3, 0.4) is 0 Å². The molecule has 1 amide bonds. The molecule has 4 rings (SSSR count). The number of pyridine rings is 1. The molecule has 1 aliphatic heterocycles. The number of tetrazole rings is 1. The van der Waals surface area contributed by atoms with E-state index in [1.807, 2.05) is 6.07 Å². The van der Waals surface area contributed by atoms with Gasteiger partial charge in [0.2, 0.25) is 5.82 Å². The Labute approximate surface area is 194 Å². The molecule has 2 aromatic heterocycles.